The summed E-state index contributed by atoms with van der Waals surface area (Å²) in [5, 5.41) is 2.71. The predicted octanol–water partition coefficient (Wildman–Crippen LogP) is 2.21. The van der Waals surface area contributed by atoms with Crippen molar-refractivity contribution in [2.75, 3.05) is 85.8 Å². The van der Waals surface area contributed by atoms with Crippen LogP contribution in [0.1, 0.15) is 53.4 Å². The van der Waals surface area contributed by atoms with Gasteiger partial charge >= 0.3 is 0 Å². The zero-order valence-electron chi connectivity index (χ0n) is 22.8. The molecule has 1 amide bonds. The number of carbonyl (C=O) groups excluding carboxylic acids is 3. The van der Waals surface area contributed by atoms with E-state index >= 15 is 0 Å². The number of hydrogen-bond acceptors (Lipinski definition) is 9. The van der Waals surface area contributed by atoms with Gasteiger partial charge in [0, 0.05) is 32.1 Å². The maximum absolute atomic E-state index is 11.8. The molecule has 0 aliphatic heterocycles. The molecule has 0 aliphatic carbocycles. The van der Waals surface area contributed by atoms with E-state index < -0.39 is 0 Å². The molecule has 0 saturated carbocycles. The van der Waals surface area contributed by atoms with Gasteiger partial charge in [0.25, 0.3) is 0 Å². The van der Waals surface area contributed by atoms with Crippen LogP contribution in [0.5, 0.6) is 0 Å². The maximum atomic E-state index is 11.8. The van der Waals surface area contributed by atoms with Crippen LogP contribution in [0.15, 0.2) is 0 Å². The van der Waals surface area contributed by atoms with E-state index in [2.05, 4.69) is 19.2 Å². The molecule has 0 aromatic carbocycles. The quantitative estimate of drug-likeness (QED) is 0.163. The number of hydrogen-bond donors (Lipinski definition) is 1. The van der Waals surface area contributed by atoms with Crippen molar-refractivity contribution in [3.8, 4) is 0 Å². The Morgan fingerprint density at radius 3 is 1.75 bits per heavy atom. The first kappa shape index (κ1) is 34.6. The van der Waals surface area contributed by atoms with Crippen molar-refractivity contribution in [3.05, 3.63) is 0 Å². The number of carbonyl (C=O) groups is 3. The normalized spacial score (nSPS) is 11.4. The summed E-state index contributed by atoms with van der Waals surface area (Å²) in [6.07, 6.45) is 3.18. The Balaban J connectivity index is 3.32. The third-order valence-corrected chi connectivity index (χ3v) is 4.88. The summed E-state index contributed by atoms with van der Waals surface area (Å²) >= 11 is 0. The molecule has 0 radical (unpaired) electrons. The molecule has 0 unspecified atom stereocenters. The van der Waals surface area contributed by atoms with E-state index in [0.29, 0.717) is 78.2 Å². The topological polar surface area (TPSA) is 119 Å². The number of rotatable bonds is 27. The average Bonchev–Trinajstić information content (AvgIpc) is 2.83. The van der Waals surface area contributed by atoms with Gasteiger partial charge in [0.1, 0.15) is 19.8 Å². The smallest absolute Gasteiger partial charge is 0.246 e. The van der Waals surface area contributed by atoms with Crippen LogP contribution in [0.3, 0.4) is 0 Å². The summed E-state index contributed by atoms with van der Waals surface area (Å²) in [4.78, 5) is 34.8. The third-order valence-electron chi connectivity index (χ3n) is 4.88. The van der Waals surface area contributed by atoms with Crippen LogP contribution in [0.25, 0.3) is 0 Å². The Bertz CT molecular complexity index is 556. The lowest BCUT2D eigenvalue weighted by Crippen LogP contribution is -2.31. The summed E-state index contributed by atoms with van der Waals surface area (Å²) in [6, 6.07) is 0. The van der Waals surface area contributed by atoms with Crippen LogP contribution in [-0.2, 0) is 42.8 Å². The predicted molar refractivity (Wildman–Crippen MR) is 136 cm³/mol. The Hall–Kier alpha value is -1.43. The van der Waals surface area contributed by atoms with Gasteiger partial charge in [-0.15, -0.1) is 0 Å². The van der Waals surface area contributed by atoms with E-state index in [1.54, 1.807) is 0 Å². The minimum Gasteiger partial charge on any atom is -0.379 e. The molecule has 0 aromatic heterocycles. The van der Waals surface area contributed by atoms with E-state index in [1.807, 2.05) is 13.8 Å². The molecule has 0 atom stereocenters. The van der Waals surface area contributed by atoms with Crippen molar-refractivity contribution in [2.45, 2.75) is 53.4 Å². The standard InChI is InChI=1S/C26H49NO9/c1-22(2)7-5-10-31-14-18-36-21-26(30)27-9-12-33-15-16-34-19-24(28)8-6-11-32-13-17-35-20-25(29)23(3)4/h22-23H,5-21H2,1-4H3,(H,27,30). The fourth-order valence-corrected chi connectivity index (χ4v) is 2.70. The van der Waals surface area contributed by atoms with Crippen LogP contribution in [0.2, 0.25) is 0 Å². The number of ketones is 2. The molecule has 0 saturated heterocycles. The molecule has 0 rings (SSSR count). The van der Waals surface area contributed by atoms with E-state index in [4.69, 9.17) is 28.4 Å². The Morgan fingerprint density at radius 2 is 1.14 bits per heavy atom. The van der Waals surface area contributed by atoms with Crippen molar-refractivity contribution < 1.29 is 42.8 Å². The third kappa shape index (κ3) is 25.7. The van der Waals surface area contributed by atoms with Crippen molar-refractivity contribution in [1.29, 1.82) is 0 Å². The van der Waals surface area contributed by atoms with Crippen LogP contribution in [0.4, 0.5) is 0 Å². The van der Waals surface area contributed by atoms with Gasteiger partial charge in [0.15, 0.2) is 11.6 Å². The van der Waals surface area contributed by atoms with Gasteiger partial charge in [-0.05, 0) is 25.2 Å². The van der Waals surface area contributed by atoms with E-state index in [9.17, 15) is 14.4 Å². The summed E-state index contributed by atoms with van der Waals surface area (Å²) in [6.45, 7) is 12.4. The number of amides is 1. The zero-order valence-corrected chi connectivity index (χ0v) is 22.8. The van der Waals surface area contributed by atoms with E-state index in [0.717, 1.165) is 19.4 Å². The highest BCUT2D eigenvalue weighted by molar-refractivity contribution is 5.81. The molecule has 10 nitrogen and oxygen atoms in total. The molecule has 0 fully saturated rings. The maximum Gasteiger partial charge on any atom is 0.246 e. The van der Waals surface area contributed by atoms with Crippen LogP contribution >= 0.6 is 0 Å². The number of Topliss-reactive ketones (excluding diaryl/α,β-unsaturated/α-hetero) is 2. The van der Waals surface area contributed by atoms with E-state index in [1.165, 1.54) is 0 Å². The van der Waals surface area contributed by atoms with Crippen LogP contribution in [-0.4, -0.2) is 103 Å². The van der Waals surface area contributed by atoms with Crippen molar-refractivity contribution in [3.63, 3.8) is 0 Å². The second-order valence-electron chi connectivity index (χ2n) is 9.14. The number of nitrogens with one attached hydrogen (secondary N) is 1. The minimum atomic E-state index is -0.196. The summed E-state index contributed by atoms with van der Waals surface area (Å²) in [7, 11) is 0. The largest absolute Gasteiger partial charge is 0.379 e. The Labute approximate surface area is 217 Å². The lowest BCUT2D eigenvalue weighted by molar-refractivity contribution is -0.127. The van der Waals surface area contributed by atoms with E-state index in [-0.39, 0.29) is 43.2 Å². The molecule has 36 heavy (non-hydrogen) atoms. The molecular weight excluding hydrogens is 470 g/mol. The van der Waals surface area contributed by atoms with Gasteiger partial charge in [-0.25, -0.2) is 0 Å². The second-order valence-corrected chi connectivity index (χ2v) is 9.14. The van der Waals surface area contributed by atoms with Crippen molar-refractivity contribution >= 4 is 17.5 Å². The first-order valence-corrected chi connectivity index (χ1v) is 13.1. The van der Waals surface area contributed by atoms with Gasteiger partial charge in [-0.2, -0.15) is 0 Å². The van der Waals surface area contributed by atoms with Crippen molar-refractivity contribution in [1.82, 2.24) is 5.32 Å². The monoisotopic (exact) mass is 519 g/mol. The molecule has 0 aliphatic rings. The molecule has 0 aromatic rings. The molecule has 0 spiro atoms. The molecule has 1 N–H and O–H groups in total. The first-order chi connectivity index (χ1) is 17.3. The summed E-state index contributed by atoms with van der Waals surface area (Å²) < 4.78 is 32.0. The molecule has 0 bridgehead atoms. The SMILES string of the molecule is CC(C)CCCOCCOCC(=O)NCCOCCOCC(=O)CCCOCCOCC(=O)C(C)C. The highest BCUT2D eigenvalue weighted by Crippen LogP contribution is 2.02. The minimum absolute atomic E-state index is 0.00129. The van der Waals surface area contributed by atoms with Crippen molar-refractivity contribution in [2.24, 2.45) is 11.8 Å². The Morgan fingerprint density at radius 1 is 0.611 bits per heavy atom. The molecular formula is C26H49NO9. The highest BCUT2D eigenvalue weighted by atomic mass is 16.5. The summed E-state index contributed by atoms with van der Waals surface area (Å²) in [5.41, 5.74) is 0. The molecule has 212 valence electrons. The van der Waals surface area contributed by atoms with Crippen LogP contribution in [0, 0.1) is 11.8 Å². The second kappa shape index (κ2) is 25.2. The zero-order chi connectivity index (χ0) is 26.9. The van der Waals surface area contributed by atoms with Gasteiger partial charge in [0.05, 0.1) is 46.2 Å². The Kier molecular flexibility index (Phi) is 24.2. The van der Waals surface area contributed by atoms with Gasteiger partial charge in [-0.1, -0.05) is 27.7 Å². The number of ether oxygens (including phenoxy) is 6. The van der Waals surface area contributed by atoms with Gasteiger partial charge in [0.2, 0.25) is 5.91 Å². The fourth-order valence-electron chi connectivity index (χ4n) is 2.70. The fraction of sp³-hybridized carbons (Fsp3) is 0.885. The molecule has 10 heteroatoms. The first-order valence-electron chi connectivity index (χ1n) is 13.1. The van der Waals surface area contributed by atoms with Gasteiger partial charge in [-0.3, -0.25) is 14.4 Å². The molecule has 0 heterocycles. The van der Waals surface area contributed by atoms with Crippen LogP contribution < -0.4 is 5.32 Å². The highest BCUT2D eigenvalue weighted by Gasteiger charge is 2.07. The lowest BCUT2D eigenvalue weighted by atomic mass is 10.1. The lowest BCUT2D eigenvalue weighted by Gasteiger charge is -2.09. The van der Waals surface area contributed by atoms with Gasteiger partial charge < -0.3 is 33.7 Å². The average molecular weight is 520 g/mol. The summed E-state index contributed by atoms with van der Waals surface area (Å²) in [5.74, 6) is 0.541.